The highest BCUT2D eigenvalue weighted by Crippen LogP contribution is 2.50. The molecule has 0 saturated carbocycles. The van der Waals surface area contributed by atoms with E-state index in [1.165, 1.54) is 0 Å². The molecule has 6 nitrogen and oxygen atoms in total. The third-order valence-electron chi connectivity index (χ3n) is 4.96. The Labute approximate surface area is 143 Å². The van der Waals surface area contributed by atoms with Crippen molar-refractivity contribution >= 4 is 11.7 Å². The molecule has 5 rings (SSSR count). The average Bonchev–Trinajstić information content (AvgIpc) is 3.21. The molecule has 2 aromatic rings. The summed E-state index contributed by atoms with van der Waals surface area (Å²) in [6.07, 6.45) is 0. The molecule has 3 heterocycles. The van der Waals surface area contributed by atoms with E-state index in [1.807, 2.05) is 30.1 Å². The Bertz CT molecular complexity index is 949. The summed E-state index contributed by atoms with van der Waals surface area (Å²) >= 11 is 0. The summed E-state index contributed by atoms with van der Waals surface area (Å²) in [7, 11) is 1.91. The second-order valence-corrected chi connectivity index (χ2v) is 6.29. The summed E-state index contributed by atoms with van der Waals surface area (Å²) in [6.45, 7) is 0.432. The fourth-order valence-corrected chi connectivity index (χ4v) is 3.79. The standard InChI is InChI=1S/C19H15NO5/c1-20-13-7-16-15(24-9-25-16)6-12(13)17(10-3-2-4-11(21)5-10)18-14(20)8-23-19(18)22/h2-7,17,21H,8-9H2,1H3. The number of esters is 1. The largest absolute Gasteiger partial charge is 0.508 e. The molecular formula is C19H15NO5. The number of nitrogens with zero attached hydrogens (tertiary/aromatic N) is 1. The molecule has 0 fully saturated rings. The van der Waals surface area contributed by atoms with E-state index in [-0.39, 0.29) is 31.0 Å². The van der Waals surface area contributed by atoms with Crippen LogP contribution in [0.4, 0.5) is 5.69 Å². The first kappa shape index (κ1) is 14.2. The molecule has 2 aromatic carbocycles. The van der Waals surface area contributed by atoms with Crippen LogP contribution < -0.4 is 14.4 Å². The van der Waals surface area contributed by atoms with Gasteiger partial charge in [0, 0.05) is 24.7 Å². The number of anilines is 1. The second-order valence-electron chi connectivity index (χ2n) is 6.29. The number of aromatic hydroxyl groups is 1. The van der Waals surface area contributed by atoms with Gasteiger partial charge in [0.2, 0.25) is 6.79 Å². The van der Waals surface area contributed by atoms with Crippen molar-refractivity contribution in [1.82, 2.24) is 0 Å². The highest BCUT2D eigenvalue weighted by molar-refractivity contribution is 5.97. The van der Waals surface area contributed by atoms with E-state index < -0.39 is 0 Å². The van der Waals surface area contributed by atoms with Gasteiger partial charge in [-0.2, -0.15) is 0 Å². The maximum atomic E-state index is 12.4. The van der Waals surface area contributed by atoms with Gasteiger partial charge < -0.3 is 24.2 Å². The lowest BCUT2D eigenvalue weighted by atomic mass is 9.80. The van der Waals surface area contributed by atoms with Gasteiger partial charge in [-0.25, -0.2) is 4.79 Å². The molecule has 0 bridgehead atoms. The van der Waals surface area contributed by atoms with Gasteiger partial charge >= 0.3 is 5.97 Å². The number of ether oxygens (including phenoxy) is 3. The van der Waals surface area contributed by atoms with Crippen LogP contribution in [-0.4, -0.2) is 31.5 Å². The topological polar surface area (TPSA) is 68.2 Å². The Balaban J connectivity index is 1.78. The van der Waals surface area contributed by atoms with E-state index in [2.05, 4.69) is 0 Å². The van der Waals surface area contributed by atoms with Crippen molar-refractivity contribution in [3.05, 3.63) is 58.8 Å². The lowest BCUT2D eigenvalue weighted by Crippen LogP contribution is -2.27. The van der Waals surface area contributed by atoms with E-state index in [9.17, 15) is 9.90 Å². The summed E-state index contributed by atoms with van der Waals surface area (Å²) in [4.78, 5) is 14.4. The zero-order chi connectivity index (χ0) is 17.1. The predicted octanol–water partition coefficient (Wildman–Crippen LogP) is 2.51. The molecular weight excluding hydrogens is 322 g/mol. The summed E-state index contributed by atoms with van der Waals surface area (Å²) in [5, 5.41) is 9.92. The SMILES string of the molecule is CN1C2=C(C(=O)OC2)C(c2cccc(O)c2)c2cc3c(cc21)OCO3. The predicted molar refractivity (Wildman–Crippen MR) is 88.9 cm³/mol. The van der Waals surface area contributed by atoms with Crippen molar-refractivity contribution < 1.29 is 24.1 Å². The van der Waals surface area contributed by atoms with Gasteiger partial charge in [0.05, 0.1) is 11.3 Å². The lowest BCUT2D eigenvalue weighted by Gasteiger charge is -2.33. The van der Waals surface area contributed by atoms with E-state index >= 15 is 0 Å². The smallest absolute Gasteiger partial charge is 0.337 e. The number of benzene rings is 2. The van der Waals surface area contributed by atoms with Gasteiger partial charge in [-0.3, -0.25) is 0 Å². The van der Waals surface area contributed by atoms with Crippen molar-refractivity contribution in [2.75, 3.05) is 25.3 Å². The van der Waals surface area contributed by atoms with Gasteiger partial charge in [-0.15, -0.1) is 0 Å². The minimum atomic E-state index is -0.321. The maximum absolute atomic E-state index is 12.4. The summed E-state index contributed by atoms with van der Waals surface area (Å²) in [5.41, 5.74) is 4.15. The maximum Gasteiger partial charge on any atom is 0.337 e. The molecule has 0 saturated heterocycles. The van der Waals surface area contributed by atoms with E-state index in [0.29, 0.717) is 17.1 Å². The van der Waals surface area contributed by atoms with Crippen LogP contribution >= 0.6 is 0 Å². The van der Waals surface area contributed by atoms with Crippen molar-refractivity contribution in [1.29, 1.82) is 0 Å². The number of phenolic OH excluding ortho intramolecular Hbond substituents is 1. The van der Waals surface area contributed by atoms with Crippen molar-refractivity contribution in [3.8, 4) is 17.2 Å². The molecule has 0 aliphatic carbocycles. The van der Waals surface area contributed by atoms with Gasteiger partial charge in [-0.05, 0) is 29.3 Å². The number of cyclic esters (lactones) is 1. The minimum absolute atomic E-state index is 0.159. The highest BCUT2D eigenvalue weighted by Gasteiger charge is 2.41. The van der Waals surface area contributed by atoms with Crippen LogP contribution in [0.5, 0.6) is 17.2 Å². The number of likely N-dealkylation sites (N-methyl/N-ethyl adjacent to an activating group) is 1. The Morgan fingerprint density at radius 2 is 1.92 bits per heavy atom. The molecule has 0 spiro atoms. The highest BCUT2D eigenvalue weighted by atomic mass is 16.7. The Morgan fingerprint density at radius 1 is 1.12 bits per heavy atom. The van der Waals surface area contributed by atoms with Gasteiger partial charge in [0.15, 0.2) is 11.5 Å². The molecule has 0 radical (unpaired) electrons. The number of hydrogen-bond donors (Lipinski definition) is 1. The van der Waals surface area contributed by atoms with E-state index in [0.717, 1.165) is 22.5 Å². The molecule has 3 aliphatic heterocycles. The van der Waals surface area contributed by atoms with Crippen molar-refractivity contribution in [2.24, 2.45) is 0 Å². The van der Waals surface area contributed by atoms with Crippen LogP contribution in [0.15, 0.2) is 47.7 Å². The molecule has 6 heteroatoms. The Morgan fingerprint density at radius 3 is 2.72 bits per heavy atom. The van der Waals surface area contributed by atoms with Crippen molar-refractivity contribution in [3.63, 3.8) is 0 Å². The summed E-state index contributed by atoms with van der Waals surface area (Å²) < 4.78 is 16.3. The molecule has 0 aromatic heterocycles. The minimum Gasteiger partial charge on any atom is -0.508 e. The fraction of sp³-hybridized carbons (Fsp3) is 0.211. The first-order valence-electron chi connectivity index (χ1n) is 8.00. The van der Waals surface area contributed by atoms with Gasteiger partial charge in [0.25, 0.3) is 0 Å². The average molecular weight is 337 g/mol. The van der Waals surface area contributed by atoms with E-state index in [4.69, 9.17) is 14.2 Å². The number of rotatable bonds is 1. The second kappa shape index (κ2) is 4.92. The first-order valence-corrected chi connectivity index (χ1v) is 8.00. The summed E-state index contributed by atoms with van der Waals surface area (Å²) in [6, 6.07) is 10.8. The Kier molecular flexibility index (Phi) is 2.80. The monoisotopic (exact) mass is 337 g/mol. The van der Waals surface area contributed by atoms with Crippen LogP contribution in [0.3, 0.4) is 0 Å². The molecule has 1 atom stereocenters. The molecule has 1 N–H and O–H groups in total. The fourth-order valence-electron chi connectivity index (χ4n) is 3.79. The van der Waals surface area contributed by atoms with Crippen molar-refractivity contribution in [2.45, 2.75) is 5.92 Å². The molecule has 25 heavy (non-hydrogen) atoms. The quantitative estimate of drug-likeness (QED) is 0.807. The third kappa shape index (κ3) is 1.94. The zero-order valence-electron chi connectivity index (χ0n) is 13.5. The number of phenols is 1. The number of carbonyl (C=O) groups is 1. The first-order chi connectivity index (χ1) is 12.1. The lowest BCUT2D eigenvalue weighted by molar-refractivity contribution is -0.136. The van der Waals surface area contributed by atoms with Crippen LogP contribution in [-0.2, 0) is 9.53 Å². The third-order valence-corrected chi connectivity index (χ3v) is 4.96. The van der Waals surface area contributed by atoms with Crippen LogP contribution in [0.1, 0.15) is 17.0 Å². The van der Waals surface area contributed by atoms with Gasteiger partial charge in [-0.1, -0.05) is 12.1 Å². The molecule has 0 amide bonds. The number of fused-ring (bicyclic) bond motifs is 2. The van der Waals surface area contributed by atoms with Crippen LogP contribution in [0.2, 0.25) is 0 Å². The molecule has 126 valence electrons. The summed E-state index contributed by atoms with van der Waals surface area (Å²) in [5.74, 6) is 0.866. The van der Waals surface area contributed by atoms with Crippen LogP contribution in [0.25, 0.3) is 0 Å². The Hall–Kier alpha value is -3.15. The van der Waals surface area contributed by atoms with Crippen LogP contribution in [0, 0.1) is 0 Å². The number of carbonyl (C=O) groups excluding carboxylic acids is 1. The normalized spacial score (nSPS) is 20.4. The van der Waals surface area contributed by atoms with E-state index in [1.54, 1.807) is 18.2 Å². The van der Waals surface area contributed by atoms with Gasteiger partial charge in [0.1, 0.15) is 12.4 Å². The molecule has 1 unspecified atom stereocenters. The number of hydrogen-bond acceptors (Lipinski definition) is 6. The zero-order valence-corrected chi connectivity index (χ0v) is 13.5. The molecule has 3 aliphatic rings.